The summed E-state index contributed by atoms with van der Waals surface area (Å²) in [5.41, 5.74) is 3.25. The fourth-order valence-electron chi connectivity index (χ4n) is 2.08. The molecule has 2 rings (SSSR count). The van der Waals surface area contributed by atoms with E-state index in [9.17, 15) is 0 Å². The van der Waals surface area contributed by atoms with Gasteiger partial charge in [-0.15, -0.1) is 5.92 Å². The van der Waals surface area contributed by atoms with Crippen LogP contribution in [-0.2, 0) is 6.42 Å². The Morgan fingerprint density at radius 3 is 1.96 bits per heavy atom. The van der Waals surface area contributed by atoms with Crippen LogP contribution >= 0.6 is 0 Å². The van der Waals surface area contributed by atoms with Crippen LogP contribution in [0, 0.1) is 23.7 Å². The number of ether oxygens (including phenoxy) is 1. The molecular formula is C23H24O. The van der Waals surface area contributed by atoms with Crippen molar-refractivity contribution in [1.29, 1.82) is 0 Å². The Balaban J connectivity index is 1.94. The molecule has 2 aromatic rings. The van der Waals surface area contributed by atoms with Crippen molar-refractivity contribution in [3.8, 4) is 29.4 Å². The quantitative estimate of drug-likeness (QED) is 0.687. The lowest BCUT2D eigenvalue weighted by molar-refractivity contribution is 0.317. The van der Waals surface area contributed by atoms with Gasteiger partial charge in [-0.1, -0.05) is 43.7 Å². The maximum absolute atomic E-state index is 5.57. The predicted octanol–water partition coefficient (Wildman–Crippen LogP) is 5.22. The molecule has 0 amide bonds. The summed E-state index contributed by atoms with van der Waals surface area (Å²) in [6.07, 6.45) is 3.92. The minimum Gasteiger partial charge on any atom is -0.494 e. The second kappa shape index (κ2) is 10.2. The van der Waals surface area contributed by atoms with Gasteiger partial charge in [-0.25, -0.2) is 0 Å². The first-order valence-electron chi connectivity index (χ1n) is 8.61. The van der Waals surface area contributed by atoms with E-state index in [1.165, 1.54) is 5.56 Å². The Morgan fingerprint density at radius 2 is 1.38 bits per heavy atom. The Morgan fingerprint density at radius 1 is 0.750 bits per heavy atom. The molecule has 0 aromatic heterocycles. The maximum atomic E-state index is 5.57. The van der Waals surface area contributed by atoms with Gasteiger partial charge in [0.1, 0.15) is 5.75 Å². The Bertz CT molecular complexity index is 731. The van der Waals surface area contributed by atoms with Gasteiger partial charge < -0.3 is 4.74 Å². The average Bonchev–Trinajstić information content (AvgIpc) is 2.64. The largest absolute Gasteiger partial charge is 0.494 e. The standard InChI is InChI=1S/C23H24O/c1-3-5-6-7-8-20-9-11-21(12-10-20)13-14-22-15-17-23(18-16-22)24-19-4-2/h9-12,15-18H,3-5,8,19H2,1-2H3. The highest BCUT2D eigenvalue weighted by atomic mass is 16.5. The highest BCUT2D eigenvalue weighted by Crippen LogP contribution is 2.12. The molecule has 0 aliphatic heterocycles. The van der Waals surface area contributed by atoms with Crippen LogP contribution in [0.2, 0.25) is 0 Å². The van der Waals surface area contributed by atoms with Crippen LogP contribution in [-0.4, -0.2) is 6.61 Å². The van der Waals surface area contributed by atoms with Gasteiger partial charge in [-0.2, -0.15) is 0 Å². The average molecular weight is 316 g/mol. The van der Waals surface area contributed by atoms with Crippen molar-refractivity contribution in [3.05, 3.63) is 65.2 Å². The van der Waals surface area contributed by atoms with Crippen LogP contribution in [0.4, 0.5) is 0 Å². The zero-order chi connectivity index (χ0) is 17.0. The number of hydrogen-bond acceptors (Lipinski definition) is 1. The van der Waals surface area contributed by atoms with Gasteiger partial charge in [0, 0.05) is 24.0 Å². The van der Waals surface area contributed by atoms with Crippen LogP contribution < -0.4 is 4.74 Å². The highest BCUT2D eigenvalue weighted by Gasteiger charge is 1.93. The molecule has 0 aliphatic carbocycles. The molecule has 0 saturated carbocycles. The van der Waals surface area contributed by atoms with Gasteiger partial charge in [0.05, 0.1) is 6.61 Å². The molecule has 0 unspecified atom stereocenters. The summed E-state index contributed by atoms with van der Waals surface area (Å²) in [6.45, 7) is 5.00. The fourth-order valence-corrected chi connectivity index (χ4v) is 2.08. The van der Waals surface area contributed by atoms with E-state index in [0.29, 0.717) is 0 Å². The van der Waals surface area contributed by atoms with Crippen LogP contribution in [0.3, 0.4) is 0 Å². The van der Waals surface area contributed by atoms with Gasteiger partial charge in [0.2, 0.25) is 0 Å². The third-order valence-corrected chi connectivity index (χ3v) is 3.42. The molecule has 1 nitrogen and oxygen atoms in total. The smallest absolute Gasteiger partial charge is 0.119 e. The first-order chi connectivity index (χ1) is 11.8. The van der Waals surface area contributed by atoms with E-state index in [-0.39, 0.29) is 0 Å². The van der Waals surface area contributed by atoms with E-state index in [4.69, 9.17) is 4.74 Å². The van der Waals surface area contributed by atoms with Gasteiger partial charge in [0.15, 0.2) is 0 Å². The van der Waals surface area contributed by atoms with Crippen LogP contribution in [0.5, 0.6) is 5.75 Å². The van der Waals surface area contributed by atoms with Gasteiger partial charge in [0.25, 0.3) is 0 Å². The lowest BCUT2D eigenvalue weighted by Crippen LogP contribution is -1.94. The zero-order valence-corrected chi connectivity index (χ0v) is 14.6. The lowest BCUT2D eigenvalue weighted by Gasteiger charge is -2.03. The van der Waals surface area contributed by atoms with Crippen LogP contribution in [0.25, 0.3) is 0 Å². The molecule has 0 saturated heterocycles. The third-order valence-electron chi connectivity index (χ3n) is 3.42. The lowest BCUT2D eigenvalue weighted by atomic mass is 10.1. The summed E-state index contributed by atoms with van der Waals surface area (Å²) in [5, 5.41) is 0. The van der Waals surface area contributed by atoms with Crippen molar-refractivity contribution < 1.29 is 4.74 Å². The number of hydrogen-bond donors (Lipinski definition) is 0. The molecule has 1 heteroatoms. The molecular weight excluding hydrogens is 292 g/mol. The summed E-state index contributed by atoms with van der Waals surface area (Å²) in [6, 6.07) is 16.3. The van der Waals surface area contributed by atoms with E-state index < -0.39 is 0 Å². The van der Waals surface area contributed by atoms with Gasteiger partial charge in [-0.3, -0.25) is 0 Å². The van der Waals surface area contributed by atoms with Crippen molar-refractivity contribution in [2.24, 2.45) is 0 Å². The molecule has 2 aromatic carbocycles. The first-order valence-corrected chi connectivity index (χ1v) is 8.61. The van der Waals surface area contributed by atoms with Gasteiger partial charge >= 0.3 is 0 Å². The fraction of sp³-hybridized carbons (Fsp3) is 0.304. The minimum absolute atomic E-state index is 0.750. The van der Waals surface area contributed by atoms with E-state index in [2.05, 4.69) is 61.8 Å². The van der Waals surface area contributed by atoms with Crippen molar-refractivity contribution in [3.63, 3.8) is 0 Å². The molecule has 0 fully saturated rings. The Kier molecular flexibility index (Phi) is 7.52. The summed E-state index contributed by atoms with van der Waals surface area (Å²) < 4.78 is 5.57. The summed E-state index contributed by atoms with van der Waals surface area (Å²) in [5.74, 6) is 13.7. The number of unbranched alkanes of at least 4 members (excludes halogenated alkanes) is 1. The summed E-state index contributed by atoms with van der Waals surface area (Å²) in [7, 11) is 0. The Labute approximate surface area is 146 Å². The van der Waals surface area contributed by atoms with E-state index in [1.807, 2.05) is 24.3 Å². The second-order valence-corrected chi connectivity index (χ2v) is 5.60. The third kappa shape index (κ3) is 6.23. The van der Waals surface area contributed by atoms with Crippen molar-refractivity contribution in [1.82, 2.24) is 0 Å². The topological polar surface area (TPSA) is 9.23 Å². The Hall–Kier alpha value is -2.64. The van der Waals surface area contributed by atoms with Crippen LogP contribution in [0.1, 0.15) is 49.8 Å². The zero-order valence-electron chi connectivity index (χ0n) is 14.6. The maximum Gasteiger partial charge on any atom is 0.119 e. The van der Waals surface area contributed by atoms with Crippen molar-refractivity contribution in [2.45, 2.75) is 39.5 Å². The molecule has 0 spiro atoms. The molecule has 24 heavy (non-hydrogen) atoms. The van der Waals surface area contributed by atoms with Gasteiger partial charge in [-0.05, 0) is 54.8 Å². The molecule has 0 atom stereocenters. The number of rotatable bonds is 5. The molecule has 0 aliphatic rings. The summed E-state index contributed by atoms with van der Waals surface area (Å²) in [4.78, 5) is 0. The minimum atomic E-state index is 0.750. The monoisotopic (exact) mass is 316 g/mol. The molecule has 0 N–H and O–H groups in total. The van der Waals surface area contributed by atoms with E-state index in [1.54, 1.807) is 0 Å². The molecule has 0 radical (unpaired) electrons. The van der Waals surface area contributed by atoms with E-state index >= 15 is 0 Å². The summed E-state index contributed by atoms with van der Waals surface area (Å²) >= 11 is 0. The van der Waals surface area contributed by atoms with Crippen molar-refractivity contribution >= 4 is 0 Å². The predicted molar refractivity (Wildman–Crippen MR) is 101 cm³/mol. The van der Waals surface area contributed by atoms with Crippen molar-refractivity contribution in [2.75, 3.05) is 6.61 Å². The van der Waals surface area contributed by atoms with Crippen LogP contribution in [0.15, 0.2) is 48.5 Å². The first kappa shape index (κ1) is 17.7. The molecule has 0 bridgehead atoms. The second-order valence-electron chi connectivity index (χ2n) is 5.60. The molecule has 0 heterocycles. The number of benzene rings is 2. The highest BCUT2D eigenvalue weighted by molar-refractivity contribution is 5.45. The molecule has 122 valence electrons. The van der Waals surface area contributed by atoms with E-state index in [0.717, 1.165) is 49.2 Å². The normalized spacial score (nSPS) is 9.42. The SMILES string of the molecule is CCCC#CCc1ccc(C#Cc2ccc(OCCC)cc2)cc1.